The summed E-state index contributed by atoms with van der Waals surface area (Å²) in [7, 11) is 0. The summed E-state index contributed by atoms with van der Waals surface area (Å²) in [6.07, 6.45) is 1.70. The van der Waals surface area contributed by atoms with E-state index in [-0.39, 0.29) is 23.9 Å². The Labute approximate surface area is 162 Å². The zero-order valence-corrected chi connectivity index (χ0v) is 15.4. The first-order chi connectivity index (χ1) is 13.5. The van der Waals surface area contributed by atoms with Gasteiger partial charge in [-0.2, -0.15) is 0 Å². The molecule has 0 bridgehead atoms. The van der Waals surface area contributed by atoms with Gasteiger partial charge in [0, 0.05) is 37.8 Å². The summed E-state index contributed by atoms with van der Waals surface area (Å²) in [5, 5.41) is 16.7. The van der Waals surface area contributed by atoms with Crippen LogP contribution in [0.15, 0.2) is 48.5 Å². The number of nitrogens with zero attached hydrogens (tertiary/aromatic N) is 2. The van der Waals surface area contributed by atoms with Crippen LogP contribution in [0.25, 0.3) is 0 Å². The van der Waals surface area contributed by atoms with Gasteiger partial charge in [-0.3, -0.25) is 19.7 Å². The molecule has 1 saturated heterocycles. The van der Waals surface area contributed by atoms with Crippen LogP contribution < -0.4 is 15.5 Å². The molecule has 0 spiro atoms. The molecular formula is C20H22N4O4. The molecule has 146 valence electrons. The second kappa shape index (κ2) is 8.98. The highest BCUT2D eigenvalue weighted by atomic mass is 16.6. The number of hydrogen-bond donors (Lipinski definition) is 2. The quantitative estimate of drug-likeness (QED) is 0.415. The monoisotopic (exact) mass is 382 g/mol. The van der Waals surface area contributed by atoms with Gasteiger partial charge in [-0.05, 0) is 30.2 Å². The van der Waals surface area contributed by atoms with Crippen LogP contribution in [0.1, 0.15) is 18.4 Å². The maximum Gasteiger partial charge on any atom is 0.292 e. The zero-order chi connectivity index (χ0) is 19.9. The van der Waals surface area contributed by atoms with Crippen molar-refractivity contribution >= 4 is 28.9 Å². The van der Waals surface area contributed by atoms with Crippen LogP contribution in [0.2, 0.25) is 0 Å². The predicted molar refractivity (Wildman–Crippen MR) is 106 cm³/mol. The molecule has 0 radical (unpaired) electrons. The molecular weight excluding hydrogens is 360 g/mol. The number of benzene rings is 2. The van der Waals surface area contributed by atoms with Gasteiger partial charge in [-0.15, -0.1) is 0 Å². The molecule has 2 aromatic rings. The van der Waals surface area contributed by atoms with Gasteiger partial charge in [0.15, 0.2) is 0 Å². The normalized spacial score (nSPS) is 13.4. The molecule has 2 N–H and O–H groups in total. The lowest BCUT2D eigenvalue weighted by Gasteiger charge is -2.15. The summed E-state index contributed by atoms with van der Waals surface area (Å²) >= 11 is 0. The molecule has 1 aliphatic heterocycles. The average molecular weight is 382 g/mol. The Balaban J connectivity index is 1.43. The van der Waals surface area contributed by atoms with Crippen LogP contribution in [0.3, 0.4) is 0 Å². The van der Waals surface area contributed by atoms with Gasteiger partial charge in [0.05, 0.1) is 11.3 Å². The number of nitro groups is 1. The molecule has 8 heteroatoms. The number of nitro benzene ring substituents is 1. The lowest BCUT2D eigenvalue weighted by Crippen LogP contribution is -2.30. The summed E-state index contributed by atoms with van der Waals surface area (Å²) in [5.41, 5.74) is 2.15. The van der Waals surface area contributed by atoms with E-state index in [1.54, 1.807) is 23.1 Å². The largest absolute Gasteiger partial charge is 0.378 e. The topological polar surface area (TPSA) is 105 Å². The molecule has 28 heavy (non-hydrogen) atoms. The van der Waals surface area contributed by atoms with Crippen molar-refractivity contribution in [1.82, 2.24) is 5.32 Å². The van der Waals surface area contributed by atoms with Crippen LogP contribution >= 0.6 is 0 Å². The third-order valence-corrected chi connectivity index (χ3v) is 4.55. The number of anilines is 2. The molecule has 2 aromatic carbocycles. The van der Waals surface area contributed by atoms with Crippen molar-refractivity contribution in [3.8, 4) is 0 Å². The van der Waals surface area contributed by atoms with E-state index in [9.17, 15) is 19.7 Å². The van der Waals surface area contributed by atoms with Crippen LogP contribution in [0.5, 0.6) is 0 Å². The van der Waals surface area contributed by atoms with E-state index in [4.69, 9.17) is 0 Å². The van der Waals surface area contributed by atoms with E-state index in [0.717, 1.165) is 24.2 Å². The van der Waals surface area contributed by atoms with Gasteiger partial charge in [-0.25, -0.2) is 0 Å². The first-order valence-electron chi connectivity index (χ1n) is 9.18. The molecule has 3 rings (SSSR count). The second-order valence-corrected chi connectivity index (χ2v) is 6.54. The van der Waals surface area contributed by atoms with Crippen molar-refractivity contribution in [1.29, 1.82) is 0 Å². The van der Waals surface area contributed by atoms with Crippen molar-refractivity contribution in [2.45, 2.75) is 19.3 Å². The van der Waals surface area contributed by atoms with Crippen LogP contribution in [0, 0.1) is 10.1 Å². The minimum Gasteiger partial charge on any atom is -0.378 e. The Morgan fingerprint density at radius 3 is 2.54 bits per heavy atom. The number of nitrogens with one attached hydrogen (secondary N) is 2. The number of carbonyl (C=O) groups is 2. The van der Waals surface area contributed by atoms with Crippen molar-refractivity contribution in [2.24, 2.45) is 0 Å². The molecule has 1 heterocycles. The standard InChI is InChI=1S/C20H22N4O4/c25-19(22-12-11-21-17-4-1-2-5-18(17)24(27)28)14-15-7-9-16(10-8-15)23-13-3-6-20(23)26/h1-2,4-5,7-10,21H,3,6,11-14H2,(H,22,25). The highest BCUT2D eigenvalue weighted by Crippen LogP contribution is 2.23. The van der Waals surface area contributed by atoms with Crippen LogP contribution in [-0.2, 0) is 16.0 Å². The van der Waals surface area contributed by atoms with Crippen LogP contribution in [0.4, 0.5) is 17.1 Å². The Hall–Kier alpha value is -3.42. The summed E-state index contributed by atoms with van der Waals surface area (Å²) < 4.78 is 0. The Bertz CT molecular complexity index is 867. The molecule has 8 nitrogen and oxygen atoms in total. The zero-order valence-electron chi connectivity index (χ0n) is 15.4. The Morgan fingerprint density at radius 1 is 1.11 bits per heavy atom. The lowest BCUT2D eigenvalue weighted by molar-refractivity contribution is -0.384. The minimum atomic E-state index is -0.444. The van der Waals surface area contributed by atoms with E-state index >= 15 is 0 Å². The molecule has 1 aliphatic rings. The van der Waals surface area contributed by atoms with Crippen molar-refractivity contribution in [2.75, 3.05) is 29.9 Å². The van der Waals surface area contributed by atoms with Gasteiger partial charge in [0.2, 0.25) is 11.8 Å². The minimum absolute atomic E-state index is 0.00500. The third kappa shape index (κ3) is 4.85. The van der Waals surface area contributed by atoms with Gasteiger partial charge in [0.25, 0.3) is 5.69 Å². The molecule has 0 atom stereocenters. The number of hydrogen-bond acceptors (Lipinski definition) is 5. The highest BCUT2D eigenvalue weighted by Gasteiger charge is 2.21. The SMILES string of the molecule is O=C(Cc1ccc(N2CCCC2=O)cc1)NCCNc1ccccc1[N+](=O)[O-]. The summed E-state index contributed by atoms with van der Waals surface area (Å²) in [5.74, 6) is 0.00556. The lowest BCUT2D eigenvalue weighted by atomic mass is 10.1. The maximum atomic E-state index is 12.1. The number of amides is 2. The smallest absolute Gasteiger partial charge is 0.292 e. The van der Waals surface area contributed by atoms with E-state index in [1.807, 2.05) is 24.3 Å². The first-order valence-corrected chi connectivity index (χ1v) is 9.18. The fourth-order valence-corrected chi connectivity index (χ4v) is 3.14. The van der Waals surface area contributed by atoms with E-state index in [0.29, 0.717) is 25.2 Å². The van der Waals surface area contributed by atoms with E-state index in [1.165, 1.54) is 6.07 Å². The number of para-hydroxylation sites is 2. The van der Waals surface area contributed by atoms with Crippen molar-refractivity contribution in [3.05, 3.63) is 64.2 Å². The second-order valence-electron chi connectivity index (χ2n) is 6.54. The molecule has 2 amide bonds. The fourth-order valence-electron chi connectivity index (χ4n) is 3.14. The first kappa shape index (κ1) is 19.3. The van der Waals surface area contributed by atoms with Gasteiger partial charge in [0.1, 0.15) is 5.69 Å². The number of carbonyl (C=O) groups excluding carboxylic acids is 2. The van der Waals surface area contributed by atoms with Gasteiger partial charge in [-0.1, -0.05) is 24.3 Å². The van der Waals surface area contributed by atoms with Gasteiger partial charge >= 0.3 is 0 Å². The van der Waals surface area contributed by atoms with Crippen LogP contribution in [-0.4, -0.2) is 36.4 Å². The van der Waals surface area contributed by atoms with Gasteiger partial charge < -0.3 is 15.5 Å². The van der Waals surface area contributed by atoms with Crippen molar-refractivity contribution in [3.63, 3.8) is 0 Å². The third-order valence-electron chi connectivity index (χ3n) is 4.55. The average Bonchev–Trinajstić information content (AvgIpc) is 3.12. The van der Waals surface area contributed by atoms with E-state index < -0.39 is 4.92 Å². The Morgan fingerprint density at radius 2 is 1.86 bits per heavy atom. The summed E-state index contributed by atoms with van der Waals surface area (Å²) in [6.45, 7) is 1.48. The number of rotatable bonds is 8. The Kier molecular flexibility index (Phi) is 6.21. The molecule has 0 aromatic heterocycles. The molecule has 0 saturated carbocycles. The highest BCUT2D eigenvalue weighted by molar-refractivity contribution is 5.95. The fraction of sp³-hybridized carbons (Fsp3) is 0.300. The molecule has 0 aliphatic carbocycles. The van der Waals surface area contributed by atoms with Crippen molar-refractivity contribution < 1.29 is 14.5 Å². The summed E-state index contributed by atoms with van der Waals surface area (Å²) in [6, 6.07) is 13.8. The predicted octanol–water partition coefficient (Wildman–Crippen LogP) is 2.49. The van der Waals surface area contributed by atoms with E-state index in [2.05, 4.69) is 10.6 Å². The molecule has 0 unspecified atom stereocenters. The molecule has 1 fully saturated rings. The summed E-state index contributed by atoms with van der Waals surface area (Å²) in [4.78, 5) is 36.1. The maximum absolute atomic E-state index is 12.1.